The second kappa shape index (κ2) is 6.71. The highest BCUT2D eigenvalue weighted by molar-refractivity contribution is 5.50. The normalized spacial score (nSPS) is 12.8. The predicted octanol–water partition coefficient (Wildman–Crippen LogP) is 2.48. The van der Waals surface area contributed by atoms with Gasteiger partial charge in [-0.25, -0.2) is 4.39 Å². The van der Waals surface area contributed by atoms with Crippen LogP contribution in [0.4, 0.5) is 10.1 Å². The monoisotopic (exact) mass is 255 g/mol. The minimum absolute atomic E-state index is 0.0938. The maximum atomic E-state index is 14.0. The van der Waals surface area contributed by atoms with Crippen molar-refractivity contribution in [3.05, 3.63) is 29.6 Å². The van der Waals surface area contributed by atoms with Gasteiger partial charge < -0.3 is 15.1 Å². The first-order valence-electron chi connectivity index (χ1n) is 6.32. The van der Waals surface area contributed by atoms with Crippen LogP contribution in [-0.2, 0) is 0 Å². The SMILES string of the molecule is CC(O)c1ccc(N(CCCO)C(C)C)c(F)c1. The molecule has 1 aromatic rings. The molecule has 0 aliphatic rings. The fraction of sp³-hybridized carbons (Fsp3) is 0.571. The number of rotatable bonds is 6. The van der Waals surface area contributed by atoms with Crippen LogP contribution in [0.1, 0.15) is 38.9 Å². The number of halogens is 1. The molecule has 0 radical (unpaired) electrons. The summed E-state index contributed by atoms with van der Waals surface area (Å²) in [6, 6.07) is 4.95. The van der Waals surface area contributed by atoms with E-state index in [0.717, 1.165) is 0 Å². The van der Waals surface area contributed by atoms with Crippen molar-refractivity contribution in [3.8, 4) is 0 Å². The molecule has 1 aromatic carbocycles. The molecule has 1 rings (SSSR count). The van der Waals surface area contributed by atoms with Gasteiger partial charge in [0.2, 0.25) is 0 Å². The van der Waals surface area contributed by atoms with Gasteiger partial charge in [0.15, 0.2) is 0 Å². The molecule has 2 N–H and O–H groups in total. The second-order valence-electron chi connectivity index (χ2n) is 4.75. The number of hydrogen-bond acceptors (Lipinski definition) is 3. The summed E-state index contributed by atoms with van der Waals surface area (Å²) >= 11 is 0. The van der Waals surface area contributed by atoms with Crippen molar-refractivity contribution in [2.24, 2.45) is 0 Å². The number of aliphatic hydroxyl groups excluding tert-OH is 2. The first-order chi connectivity index (χ1) is 8.47. The Morgan fingerprint density at radius 1 is 1.28 bits per heavy atom. The van der Waals surface area contributed by atoms with E-state index in [1.165, 1.54) is 6.07 Å². The Morgan fingerprint density at radius 3 is 2.39 bits per heavy atom. The fourth-order valence-electron chi connectivity index (χ4n) is 1.91. The summed E-state index contributed by atoms with van der Waals surface area (Å²) in [5, 5.41) is 18.3. The molecule has 0 saturated carbocycles. The van der Waals surface area contributed by atoms with E-state index < -0.39 is 6.10 Å². The molecule has 0 aromatic heterocycles. The van der Waals surface area contributed by atoms with Gasteiger partial charge in [-0.05, 0) is 44.9 Å². The van der Waals surface area contributed by atoms with Crippen molar-refractivity contribution in [3.63, 3.8) is 0 Å². The lowest BCUT2D eigenvalue weighted by atomic mass is 10.1. The maximum absolute atomic E-state index is 14.0. The topological polar surface area (TPSA) is 43.7 Å². The molecule has 0 spiro atoms. The van der Waals surface area contributed by atoms with Crippen LogP contribution >= 0.6 is 0 Å². The third kappa shape index (κ3) is 3.68. The fourth-order valence-corrected chi connectivity index (χ4v) is 1.91. The molecule has 0 aliphatic heterocycles. The van der Waals surface area contributed by atoms with Crippen LogP contribution in [0.15, 0.2) is 18.2 Å². The lowest BCUT2D eigenvalue weighted by Crippen LogP contribution is -2.33. The number of anilines is 1. The minimum atomic E-state index is -0.668. The Morgan fingerprint density at radius 2 is 1.94 bits per heavy atom. The van der Waals surface area contributed by atoms with Gasteiger partial charge in [-0.2, -0.15) is 0 Å². The highest BCUT2D eigenvalue weighted by atomic mass is 19.1. The van der Waals surface area contributed by atoms with E-state index in [-0.39, 0.29) is 18.5 Å². The van der Waals surface area contributed by atoms with E-state index >= 15 is 0 Å². The second-order valence-corrected chi connectivity index (χ2v) is 4.75. The molecule has 3 nitrogen and oxygen atoms in total. The lowest BCUT2D eigenvalue weighted by molar-refractivity contribution is 0.199. The Balaban J connectivity index is 2.98. The molecule has 102 valence electrons. The molecule has 4 heteroatoms. The molecule has 0 bridgehead atoms. The van der Waals surface area contributed by atoms with Gasteiger partial charge in [0.05, 0.1) is 11.8 Å². The molecule has 1 atom stereocenters. The van der Waals surface area contributed by atoms with Crippen LogP contribution in [-0.4, -0.2) is 29.4 Å². The van der Waals surface area contributed by atoms with Crippen molar-refractivity contribution in [1.82, 2.24) is 0 Å². The maximum Gasteiger partial charge on any atom is 0.146 e. The molecule has 18 heavy (non-hydrogen) atoms. The highest BCUT2D eigenvalue weighted by Crippen LogP contribution is 2.25. The van der Waals surface area contributed by atoms with E-state index in [4.69, 9.17) is 5.11 Å². The number of nitrogens with zero attached hydrogens (tertiary/aromatic N) is 1. The Labute approximate surface area is 108 Å². The van der Waals surface area contributed by atoms with Crippen LogP contribution in [0, 0.1) is 5.82 Å². The zero-order valence-corrected chi connectivity index (χ0v) is 11.2. The molecule has 0 fully saturated rings. The molecule has 1 unspecified atom stereocenters. The summed E-state index contributed by atoms with van der Waals surface area (Å²) in [7, 11) is 0. The summed E-state index contributed by atoms with van der Waals surface area (Å²) in [4.78, 5) is 1.91. The van der Waals surface area contributed by atoms with Gasteiger partial charge in [-0.1, -0.05) is 6.07 Å². The van der Waals surface area contributed by atoms with Gasteiger partial charge in [-0.3, -0.25) is 0 Å². The van der Waals surface area contributed by atoms with Crippen LogP contribution < -0.4 is 4.90 Å². The quantitative estimate of drug-likeness (QED) is 0.820. The third-order valence-electron chi connectivity index (χ3n) is 2.94. The van der Waals surface area contributed by atoms with Gasteiger partial charge in [0, 0.05) is 19.2 Å². The molecule has 0 heterocycles. The number of benzene rings is 1. The summed E-state index contributed by atoms with van der Waals surface area (Å²) in [5.74, 6) is -0.333. The van der Waals surface area contributed by atoms with E-state index in [1.54, 1.807) is 19.1 Å². The number of aliphatic hydroxyl groups is 2. The van der Waals surface area contributed by atoms with Crippen LogP contribution in [0.25, 0.3) is 0 Å². The zero-order chi connectivity index (χ0) is 13.7. The van der Waals surface area contributed by atoms with Crippen molar-refractivity contribution in [1.29, 1.82) is 0 Å². The molecular formula is C14H22FNO2. The van der Waals surface area contributed by atoms with E-state index in [2.05, 4.69) is 0 Å². The molecular weight excluding hydrogens is 233 g/mol. The van der Waals surface area contributed by atoms with E-state index in [1.807, 2.05) is 18.7 Å². The van der Waals surface area contributed by atoms with Crippen LogP contribution in [0.5, 0.6) is 0 Å². The summed E-state index contributed by atoms with van der Waals surface area (Å²) in [6.07, 6.45) is -0.0611. The molecule has 0 amide bonds. The van der Waals surface area contributed by atoms with Gasteiger partial charge in [0.1, 0.15) is 5.82 Å². The van der Waals surface area contributed by atoms with Gasteiger partial charge >= 0.3 is 0 Å². The lowest BCUT2D eigenvalue weighted by Gasteiger charge is -2.29. The number of hydrogen-bond donors (Lipinski definition) is 2. The standard InChI is InChI=1S/C14H22FNO2/c1-10(2)16(7-4-8-17)14-6-5-12(11(3)18)9-13(14)15/h5-6,9-11,17-18H,4,7-8H2,1-3H3. The Kier molecular flexibility index (Phi) is 5.56. The van der Waals surface area contributed by atoms with Crippen molar-refractivity contribution in [2.75, 3.05) is 18.1 Å². The van der Waals surface area contributed by atoms with Crippen molar-refractivity contribution >= 4 is 5.69 Å². The first kappa shape index (κ1) is 14.9. The summed E-state index contributed by atoms with van der Waals surface area (Å²) in [6.45, 7) is 6.29. The van der Waals surface area contributed by atoms with E-state index in [9.17, 15) is 9.50 Å². The Bertz CT molecular complexity index is 380. The summed E-state index contributed by atoms with van der Waals surface area (Å²) < 4.78 is 14.0. The molecule has 0 saturated heterocycles. The van der Waals surface area contributed by atoms with Crippen LogP contribution in [0.2, 0.25) is 0 Å². The predicted molar refractivity (Wildman–Crippen MR) is 71.2 cm³/mol. The zero-order valence-electron chi connectivity index (χ0n) is 11.2. The van der Waals surface area contributed by atoms with Crippen molar-refractivity contribution < 1.29 is 14.6 Å². The largest absolute Gasteiger partial charge is 0.396 e. The third-order valence-corrected chi connectivity index (χ3v) is 2.94. The average molecular weight is 255 g/mol. The summed E-state index contributed by atoms with van der Waals surface area (Å²) in [5.41, 5.74) is 1.09. The highest BCUT2D eigenvalue weighted by Gasteiger charge is 2.15. The first-order valence-corrected chi connectivity index (χ1v) is 6.32. The van der Waals surface area contributed by atoms with Crippen LogP contribution in [0.3, 0.4) is 0 Å². The Hall–Kier alpha value is -1.13. The van der Waals surface area contributed by atoms with Crippen molar-refractivity contribution in [2.45, 2.75) is 39.3 Å². The van der Waals surface area contributed by atoms with E-state index in [0.29, 0.717) is 24.2 Å². The molecule has 0 aliphatic carbocycles. The average Bonchev–Trinajstić information content (AvgIpc) is 2.30. The smallest absolute Gasteiger partial charge is 0.146 e. The van der Waals surface area contributed by atoms with Gasteiger partial charge in [-0.15, -0.1) is 0 Å². The minimum Gasteiger partial charge on any atom is -0.396 e. The van der Waals surface area contributed by atoms with Gasteiger partial charge in [0.25, 0.3) is 0 Å².